The van der Waals surface area contributed by atoms with E-state index in [1.54, 1.807) is 13.0 Å². The summed E-state index contributed by atoms with van der Waals surface area (Å²) in [5.74, 6) is 0.0278. The van der Waals surface area contributed by atoms with E-state index in [0.29, 0.717) is 6.54 Å². The molecule has 0 radical (unpaired) electrons. The molecule has 0 rings (SSSR count). The van der Waals surface area contributed by atoms with Crippen molar-refractivity contribution in [1.29, 1.82) is 0 Å². The van der Waals surface area contributed by atoms with Gasteiger partial charge in [-0.05, 0) is 20.8 Å². The van der Waals surface area contributed by atoms with Crippen molar-refractivity contribution in [1.82, 2.24) is 5.32 Å². The molecule has 0 fully saturated rings. The minimum Gasteiger partial charge on any atom is -0.353 e. The minimum atomic E-state index is 0.0278. The Balaban J connectivity index is 3.74. The highest BCUT2D eigenvalue weighted by molar-refractivity contribution is 5.92. The van der Waals surface area contributed by atoms with Gasteiger partial charge in [-0.15, -0.1) is 0 Å². The molecule has 1 N–H and O–H groups in total. The van der Waals surface area contributed by atoms with Crippen molar-refractivity contribution in [2.75, 3.05) is 6.54 Å². The molecule has 0 aliphatic heterocycles. The number of hydrogen-bond acceptors (Lipinski definition) is 1. The maximum absolute atomic E-state index is 10.8. The van der Waals surface area contributed by atoms with Gasteiger partial charge in [-0.25, -0.2) is 0 Å². The first-order chi connectivity index (χ1) is 4.22. The molecule has 52 valence electrons. The van der Waals surface area contributed by atoms with Gasteiger partial charge in [0.2, 0.25) is 5.91 Å². The van der Waals surface area contributed by atoms with Crippen LogP contribution in [0.3, 0.4) is 0 Å². The molecule has 2 nitrogen and oxygen atoms in total. The van der Waals surface area contributed by atoms with E-state index in [1.165, 1.54) is 0 Å². The fourth-order valence-corrected chi connectivity index (χ4v) is 0.431. The van der Waals surface area contributed by atoms with Crippen molar-refractivity contribution in [3.63, 3.8) is 0 Å². The van der Waals surface area contributed by atoms with E-state index >= 15 is 0 Å². The van der Waals surface area contributed by atoms with Crippen LogP contribution in [0.5, 0.6) is 0 Å². The van der Waals surface area contributed by atoms with Gasteiger partial charge in [-0.1, -0.05) is 6.08 Å². The first-order valence-electron chi connectivity index (χ1n) is 3.13. The molecule has 0 aromatic carbocycles. The van der Waals surface area contributed by atoms with Crippen LogP contribution in [-0.2, 0) is 4.79 Å². The summed E-state index contributed by atoms with van der Waals surface area (Å²) in [5, 5.41) is 2.69. The van der Waals surface area contributed by atoms with Crippen LogP contribution in [0, 0.1) is 0 Å². The Labute approximate surface area is 56.0 Å². The van der Waals surface area contributed by atoms with Crippen LogP contribution in [0.4, 0.5) is 0 Å². The average molecular weight is 127 g/mol. The van der Waals surface area contributed by atoms with Crippen LogP contribution < -0.4 is 5.32 Å². The van der Waals surface area contributed by atoms with Gasteiger partial charge in [-0.2, -0.15) is 0 Å². The topological polar surface area (TPSA) is 29.1 Å². The number of amides is 1. The highest BCUT2D eigenvalue weighted by Crippen LogP contribution is 1.89. The lowest BCUT2D eigenvalue weighted by Gasteiger charge is -1.98. The largest absolute Gasteiger partial charge is 0.353 e. The number of allylic oxidation sites excluding steroid dienone is 1. The molecule has 0 atom stereocenters. The van der Waals surface area contributed by atoms with Gasteiger partial charge >= 0.3 is 0 Å². The van der Waals surface area contributed by atoms with Crippen molar-refractivity contribution in [2.24, 2.45) is 0 Å². The predicted octanol–water partition coefficient (Wildman–Crippen LogP) is 1.09. The number of nitrogens with one attached hydrogen (secondary N) is 1. The summed E-state index contributed by atoms with van der Waals surface area (Å²) < 4.78 is 0. The van der Waals surface area contributed by atoms with Gasteiger partial charge in [-0.3, -0.25) is 4.79 Å². The number of likely N-dealkylation sites (N-methyl/N-ethyl adjacent to an activating group) is 1. The molecule has 0 saturated carbocycles. The smallest absolute Gasteiger partial charge is 0.246 e. The van der Waals surface area contributed by atoms with E-state index < -0.39 is 0 Å². The van der Waals surface area contributed by atoms with Crippen LogP contribution in [0.15, 0.2) is 11.6 Å². The van der Waals surface area contributed by atoms with Crippen LogP contribution in [0.25, 0.3) is 0 Å². The SMILES string of the molecule is CC=C(C)C(=O)NCC. The van der Waals surface area contributed by atoms with Crippen molar-refractivity contribution >= 4 is 5.91 Å². The third kappa shape index (κ3) is 2.90. The molecule has 9 heavy (non-hydrogen) atoms. The summed E-state index contributed by atoms with van der Waals surface area (Å²) in [4.78, 5) is 10.8. The Kier molecular flexibility index (Phi) is 3.76. The zero-order valence-electron chi connectivity index (χ0n) is 6.19. The minimum absolute atomic E-state index is 0.0278. The van der Waals surface area contributed by atoms with Crippen molar-refractivity contribution in [3.05, 3.63) is 11.6 Å². The molecule has 0 aromatic heterocycles. The molecule has 2 heteroatoms. The highest BCUT2D eigenvalue weighted by atomic mass is 16.1. The molecule has 0 saturated heterocycles. The second-order valence-electron chi connectivity index (χ2n) is 1.83. The van der Waals surface area contributed by atoms with Gasteiger partial charge < -0.3 is 5.32 Å². The van der Waals surface area contributed by atoms with E-state index in [0.717, 1.165) is 5.57 Å². The predicted molar refractivity (Wildman–Crippen MR) is 38.1 cm³/mol. The molecule has 0 bridgehead atoms. The van der Waals surface area contributed by atoms with E-state index in [2.05, 4.69) is 5.32 Å². The molecule has 0 heterocycles. The third-order valence-corrected chi connectivity index (χ3v) is 1.13. The number of carbonyl (C=O) groups excluding carboxylic acids is 1. The van der Waals surface area contributed by atoms with Gasteiger partial charge in [0.1, 0.15) is 0 Å². The number of rotatable bonds is 2. The monoisotopic (exact) mass is 127 g/mol. The third-order valence-electron chi connectivity index (χ3n) is 1.13. The first kappa shape index (κ1) is 8.21. The molecular formula is C7H13NO. The number of carbonyl (C=O) groups is 1. The van der Waals surface area contributed by atoms with Gasteiger partial charge in [0.05, 0.1) is 0 Å². The Morgan fingerprint density at radius 3 is 2.56 bits per heavy atom. The van der Waals surface area contributed by atoms with Crippen molar-refractivity contribution in [2.45, 2.75) is 20.8 Å². The summed E-state index contributed by atoms with van der Waals surface area (Å²) in [6.07, 6.45) is 1.80. The fourth-order valence-electron chi connectivity index (χ4n) is 0.431. The Morgan fingerprint density at radius 1 is 1.67 bits per heavy atom. The lowest BCUT2D eigenvalue weighted by molar-refractivity contribution is -0.117. The van der Waals surface area contributed by atoms with E-state index in [1.807, 2.05) is 13.8 Å². The Hall–Kier alpha value is -0.790. The zero-order valence-corrected chi connectivity index (χ0v) is 6.19. The molecule has 1 amide bonds. The fraction of sp³-hybridized carbons (Fsp3) is 0.571. The highest BCUT2D eigenvalue weighted by Gasteiger charge is 1.97. The summed E-state index contributed by atoms with van der Waals surface area (Å²) in [6.45, 7) is 6.25. The standard InChI is InChI=1S/C7H13NO/c1-4-6(3)7(9)8-5-2/h4H,5H2,1-3H3,(H,8,9). The van der Waals surface area contributed by atoms with Crippen LogP contribution >= 0.6 is 0 Å². The summed E-state index contributed by atoms with van der Waals surface area (Å²) in [7, 11) is 0. The summed E-state index contributed by atoms with van der Waals surface area (Å²) in [6, 6.07) is 0. The van der Waals surface area contributed by atoms with E-state index in [9.17, 15) is 4.79 Å². The van der Waals surface area contributed by atoms with Gasteiger partial charge in [0.25, 0.3) is 0 Å². The second kappa shape index (κ2) is 4.13. The maximum Gasteiger partial charge on any atom is 0.246 e. The van der Waals surface area contributed by atoms with Crippen LogP contribution in [-0.4, -0.2) is 12.5 Å². The zero-order chi connectivity index (χ0) is 7.28. The van der Waals surface area contributed by atoms with E-state index in [4.69, 9.17) is 0 Å². The van der Waals surface area contributed by atoms with Crippen molar-refractivity contribution < 1.29 is 4.79 Å². The van der Waals surface area contributed by atoms with Gasteiger partial charge in [0, 0.05) is 12.1 Å². The first-order valence-corrected chi connectivity index (χ1v) is 3.13. The summed E-state index contributed by atoms with van der Waals surface area (Å²) >= 11 is 0. The quantitative estimate of drug-likeness (QED) is 0.553. The Bertz CT molecular complexity index is 127. The van der Waals surface area contributed by atoms with Gasteiger partial charge in [0.15, 0.2) is 0 Å². The molecular weight excluding hydrogens is 114 g/mol. The Morgan fingerprint density at radius 2 is 2.22 bits per heavy atom. The van der Waals surface area contributed by atoms with Crippen LogP contribution in [0.2, 0.25) is 0 Å². The summed E-state index contributed by atoms with van der Waals surface area (Å²) in [5.41, 5.74) is 0.775. The maximum atomic E-state index is 10.8. The normalized spacial score (nSPS) is 11.2. The lowest BCUT2D eigenvalue weighted by Crippen LogP contribution is -2.23. The number of hydrogen-bond donors (Lipinski definition) is 1. The van der Waals surface area contributed by atoms with Crippen LogP contribution in [0.1, 0.15) is 20.8 Å². The van der Waals surface area contributed by atoms with E-state index in [-0.39, 0.29) is 5.91 Å². The molecule has 0 aliphatic rings. The molecule has 0 unspecified atom stereocenters. The molecule has 0 aliphatic carbocycles. The average Bonchev–Trinajstić information content (AvgIpc) is 1.87. The second-order valence-corrected chi connectivity index (χ2v) is 1.83. The lowest BCUT2D eigenvalue weighted by atomic mass is 10.3. The molecule has 0 aromatic rings. The molecule has 0 spiro atoms. The van der Waals surface area contributed by atoms with Crippen molar-refractivity contribution in [3.8, 4) is 0 Å².